The van der Waals surface area contributed by atoms with E-state index in [-0.39, 0.29) is 11.3 Å². The normalized spacial score (nSPS) is 18.8. The van der Waals surface area contributed by atoms with Crippen LogP contribution in [0.5, 0.6) is 0 Å². The van der Waals surface area contributed by atoms with Crippen LogP contribution in [0.2, 0.25) is 0 Å². The lowest BCUT2D eigenvalue weighted by Gasteiger charge is -2.13. The molecule has 0 spiro atoms. The topological polar surface area (TPSA) is 62.1 Å². The lowest BCUT2D eigenvalue weighted by Crippen LogP contribution is -2.34. The van der Waals surface area contributed by atoms with Gasteiger partial charge in [0.2, 0.25) is 0 Å². The quantitative estimate of drug-likeness (QED) is 0.636. The van der Waals surface area contributed by atoms with E-state index in [1.165, 1.54) is 6.08 Å². The predicted molar refractivity (Wildman–Crippen MR) is 66.7 cm³/mol. The van der Waals surface area contributed by atoms with Crippen molar-refractivity contribution in [3.63, 3.8) is 0 Å². The Morgan fingerprint density at radius 3 is 2.61 bits per heavy atom. The summed E-state index contributed by atoms with van der Waals surface area (Å²) in [5.41, 5.74) is 0.934. The third kappa shape index (κ3) is 2.69. The molecule has 0 amide bonds. The first-order valence-corrected chi connectivity index (χ1v) is 5.67. The second-order valence-corrected chi connectivity index (χ2v) is 4.86. The van der Waals surface area contributed by atoms with Crippen LogP contribution in [0.25, 0.3) is 0 Å². The van der Waals surface area contributed by atoms with Gasteiger partial charge in [-0.05, 0) is 38.1 Å². The molecule has 1 saturated heterocycles. The fourth-order valence-electron chi connectivity index (χ4n) is 1.65. The number of hydrogen-bond acceptors (Lipinski definition) is 4. The third-order valence-corrected chi connectivity index (χ3v) is 2.61. The van der Waals surface area contributed by atoms with E-state index in [0.29, 0.717) is 23.6 Å². The van der Waals surface area contributed by atoms with E-state index < -0.39 is 0 Å². The number of nitrogens with one attached hydrogen (secondary N) is 1. The summed E-state index contributed by atoms with van der Waals surface area (Å²) in [5.74, 6) is 0.356. The molecule has 1 aromatic rings. The van der Waals surface area contributed by atoms with Crippen molar-refractivity contribution in [3.8, 4) is 6.07 Å². The van der Waals surface area contributed by atoms with Crippen LogP contribution < -0.4 is 5.32 Å². The minimum absolute atomic E-state index is 0.139. The van der Waals surface area contributed by atoms with Gasteiger partial charge in [0.1, 0.15) is 6.61 Å². The molecule has 0 radical (unpaired) electrons. The highest BCUT2D eigenvalue weighted by molar-refractivity contribution is 6.04. The van der Waals surface area contributed by atoms with Crippen LogP contribution in [0.1, 0.15) is 29.8 Å². The van der Waals surface area contributed by atoms with Crippen molar-refractivity contribution in [2.75, 3.05) is 6.61 Å². The van der Waals surface area contributed by atoms with E-state index in [1.54, 1.807) is 24.3 Å². The van der Waals surface area contributed by atoms with E-state index in [0.717, 1.165) is 0 Å². The Kier molecular flexibility index (Phi) is 3.07. The number of rotatable bonds is 2. The summed E-state index contributed by atoms with van der Waals surface area (Å²) in [6, 6.07) is 8.53. The van der Waals surface area contributed by atoms with Gasteiger partial charge >= 0.3 is 0 Å². The van der Waals surface area contributed by atoms with Gasteiger partial charge in [0, 0.05) is 11.6 Å². The summed E-state index contributed by atoms with van der Waals surface area (Å²) in [6.45, 7) is 4.54. The fourth-order valence-corrected chi connectivity index (χ4v) is 1.65. The van der Waals surface area contributed by atoms with Crippen LogP contribution in [0.3, 0.4) is 0 Å². The van der Waals surface area contributed by atoms with Crippen LogP contribution >= 0.6 is 0 Å². The Morgan fingerprint density at radius 1 is 1.44 bits per heavy atom. The standard InChI is InChI=1S/C14H14N2O2/c1-14(2)9-18-13(16-14)7-12(17)11-5-3-10(8-15)4-6-11/h3-7,16H,9H2,1-2H3. The molecule has 0 atom stereocenters. The summed E-state index contributed by atoms with van der Waals surface area (Å²) in [6.07, 6.45) is 1.44. The molecule has 1 aliphatic heterocycles. The molecule has 4 heteroatoms. The number of ketones is 1. The molecule has 0 aliphatic carbocycles. The molecule has 18 heavy (non-hydrogen) atoms. The largest absolute Gasteiger partial charge is 0.477 e. The van der Waals surface area contributed by atoms with Crippen molar-refractivity contribution < 1.29 is 9.53 Å². The van der Waals surface area contributed by atoms with Gasteiger partial charge < -0.3 is 10.1 Å². The van der Waals surface area contributed by atoms with Crippen LogP contribution in [0, 0.1) is 11.3 Å². The molecule has 1 aliphatic rings. The number of benzene rings is 1. The minimum atomic E-state index is -0.142. The van der Waals surface area contributed by atoms with Gasteiger partial charge in [-0.1, -0.05) is 0 Å². The van der Waals surface area contributed by atoms with Gasteiger partial charge in [0.05, 0.1) is 17.2 Å². The van der Waals surface area contributed by atoms with Crippen molar-refractivity contribution >= 4 is 5.78 Å². The monoisotopic (exact) mass is 242 g/mol. The Labute approximate surface area is 106 Å². The fraction of sp³-hybridized carbons (Fsp3) is 0.286. The highest BCUT2D eigenvalue weighted by Gasteiger charge is 2.27. The Morgan fingerprint density at radius 2 is 2.11 bits per heavy atom. The molecule has 4 nitrogen and oxygen atoms in total. The lowest BCUT2D eigenvalue weighted by atomic mass is 10.1. The minimum Gasteiger partial charge on any atom is -0.477 e. The number of allylic oxidation sites excluding steroid dienone is 1. The zero-order valence-corrected chi connectivity index (χ0v) is 10.4. The average Bonchev–Trinajstić information content (AvgIpc) is 2.68. The Hall–Kier alpha value is -2.28. The van der Waals surface area contributed by atoms with Crippen molar-refractivity contribution in [3.05, 3.63) is 47.4 Å². The number of nitriles is 1. The molecule has 2 rings (SSSR count). The van der Waals surface area contributed by atoms with Gasteiger partial charge in [-0.25, -0.2) is 0 Å². The second kappa shape index (κ2) is 4.53. The van der Waals surface area contributed by atoms with Crippen molar-refractivity contribution in [2.24, 2.45) is 0 Å². The summed E-state index contributed by atoms with van der Waals surface area (Å²) >= 11 is 0. The van der Waals surface area contributed by atoms with Gasteiger partial charge in [-0.3, -0.25) is 4.79 Å². The van der Waals surface area contributed by atoms with Crippen LogP contribution in [0.4, 0.5) is 0 Å². The first-order valence-electron chi connectivity index (χ1n) is 5.67. The SMILES string of the molecule is CC1(C)COC(=CC(=O)c2ccc(C#N)cc2)N1. The molecule has 1 aromatic carbocycles. The van der Waals surface area contributed by atoms with E-state index in [2.05, 4.69) is 5.32 Å². The molecule has 1 N–H and O–H groups in total. The smallest absolute Gasteiger partial charge is 0.191 e. The Bertz CT molecular complexity index is 536. The third-order valence-electron chi connectivity index (χ3n) is 2.61. The molecule has 1 fully saturated rings. The average molecular weight is 242 g/mol. The highest BCUT2D eigenvalue weighted by Crippen LogP contribution is 2.17. The van der Waals surface area contributed by atoms with Crippen molar-refractivity contribution in [1.82, 2.24) is 5.32 Å². The van der Waals surface area contributed by atoms with E-state index in [1.807, 2.05) is 19.9 Å². The summed E-state index contributed by atoms with van der Waals surface area (Å²) in [7, 11) is 0. The van der Waals surface area contributed by atoms with Gasteiger partial charge in [0.15, 0.2) is 11.7 Å². The maximum Gasteiger partial charge on any atom is 0.191 e. The van der Waals surface area contributed by atoms with E-state index in [9.17, 15) is 4.79 Å². The lowest BCUT2D eigenvalue weighted by molar-refractivity contribution is 0.104. The van der Waals surface area contributed by atoms with E-state index >= 15 is 0 Å². The number of ether oxygens (including phenoxy) is 1. The first-order chi connectivity index (χ1) is 8.50. The summed E-state index contributed by atoms with van der Waals surface area (Å²) in [4.78, 5) is 11.9. The van der Waals surface area contributed by atoms with Gasteiger partial charge in [-0.2, -0.15) is 5.26 Å². The molecule has 1 heterocycles. The number of nitrogens with zero attached hydrogens (tertiary/aromatic N) is 1. The number of carbonyl (C=O) groups excluding carboxylic acids is 1. The molecular formula is C14H14N2O2. The molecule has 0 aromatic heterocycles. The van der Waals surface area contributed by atoms with Crippen LogP contribution in [-0.4, -0.2) is 17.9 Å². The molecule has 92 valence electrons. The van der Waals surface area contributed by atoms with Crippen molar-refractivity contribution in [1.29, 1.82) is 5.26 Å². The van der Waals surface area contributed by atoms with Crippen LogP contribution in [-0.2, 0) is 4.74 Å². The van der Waals surface area contributed by atoms with Crippen molar-refractivity contribution in [2.45, 2.75) is 19.4 Å². The first kappa shape index (κ1) is 12.2. The summed E-state index contributed by atoms with van der Waals surface area (Å²) in [5, 5.41) is 11.8. The zero-order chi connectivity index (χ0) is 13.2. The highest BCUT2D eigenvalue weighted by atomic mass is 16.5. The molecule has 0 unspecified atom stereocenters. The second-order valence-electron chi connectivity index (χ2n) is 4.86. The molecule has 0 bridgehead atoms. The number of carbonyl (C=O) groups is 1. The maximum atomic E-state index is 11.9. The Balaban J connectivity index is 2.13. The molecular weight excluding hydrogens is 228 g/mol. The predicted octanol–water partition coefficient (Wildman–Crippen LogP) is 1.98. The van der Waals surface area contributed by atoms with E-state index in [4.69, 9.17) is 10.00 Å². The summed E-state index contributed by atoms with van der Waals surface area (Å²) < 4.78 is 5.38. The number of hydrogen-bond donors (Lipinski definition) is 1. The van der Waals surface area contributed by atoms with Gasteiger partial charge in [-0.15, -0.1) is 0 Å². The van der Waals surface area contributed by atoms with Crippen LogP contribution in [0.15, 0.2) is 36.2 Å². The zero-order valence-electron chi connectivity index (χ0n) is 10.4. The van der Waals surface area contributed by atoms with Gasteiger partial charge in [0.25, 0.3) is 0 Å². The molecule has 0 saturated carbocycles. The maximum absolute atomic E-state index is 11.9.